The molecule has 3 N–H and O–H groups in total. The van der Waals surface area contributed by atoms with Gasteiger partial charge in [0.2, 0.25) is 21.8 Å². The summed E-state index contributed by atoms with van der Waals surface area (Å²) in [4.78, 5) is 62.8. The number of amides is 4. The minimum Gasteiger partial charge on any atom is -0.497 e. The SMILES string of the molecule is COc1ccc(-c2cc(O[C@@H]3C[C@H]4C(=O)N[C@]5(C(=O)NS(=O)(=O)C6CC6)C[C@H]5/C=C\CCCCC[C@H](NC(=O)OC(C)(C)C)C(=O)N4C3)c3oc4ccc(C)cc4c3n2)cc1. The van der Waals surface area contributed by atoms with E-state index < -0.39 is 74.3 Å². The summed E-state index contributed by atoms with van der Waals surface area (Å²) in [6.07, 6.45) is 6.52. The average Bonchev–Trinajstić information content (AvgIpc) is 4.11. The zero-order valence-electron chi connectivity index (χ0n) is 35.1. The summed E-state index contributed by atoms with van der Waals surface area (Å²) in [6, 6.07) is 12.8. The van der Waals surface area contributed by atoms with Crippen LogP contribution in [0.1, 0.15) is 84.1 Å². The zero-order chi connectivity index (χ0) is 43.3. The lowest BCUT2D eigenvalue weighted by atomic mass is 10.0. The van der Waals surface area contributed by atoms with Crippen molar-refractivity contribution in [2.24, 2.45) is 5.92 Å². The molecule has 2 saturated carbocycles. The molecule has 2 aromatic carbocycles. The number of nitrogens with zero attached hydrogens (tertiary/aromatic N) is 2. The second-order valence-corrected chi connectivity index (χ2v) is 19.7. The van der Waals surface area contributed by atoms with Crippen molar-refractivity contribution in [3.8, 4) is 22.8 Å². The van der Waals surface area contributed by atoms with Gasteiger partial charge in [-0.2, -0.15) is 0 Å². The van der Waals surface area contributed by atoms with Crippen LogP contribution in [0.3, 0.4) is 0 Å². The Balaban J connectivity index is 1.15. The van der Waals surface area contributed by atoms with Crippen LogP contribution in [-0.4, -0.2) is 90.3 Å². The fourth-order valence-corrected chi connectivity index (χ4v) is 9.66. The first-order chi connectivity index (χ1) is 29.0. The molecule has 15 nitrogen and oxygen atoms in total. The van der Waals surface area contributed by atoms with Crippen molar-refractivity contribution < 1.29 is 46.2 Å². The van der Waals surface area contributed by atoms with Gasteiger partial charge in [0.1, 0.15) is 46.2 Å². The minimum atomic E-state index is -3.92. The van der Waals surface area contributed by atoms with E-state index in [4.69, 9.17) is 23.6 Å². The van der Waals surface area contributed by atoms with Gasteiger partial charge in [0.05, 0.1) is 24.6 Å². The molecule has 4 aliphatic rings. The van der Waals surface area contributed by atoms with Crippen LogP contribution in [0.4, 0.5) is 4.79 Å². The number of alkyl carbamates (subject to hydrolysis) is 1. The molecule has 2 aliphatic heterocycles. The van der Waals surface area contributed by atoms with Gasteiger partial charge in [-0.1, -0.05) is 36.6 Å². The number of ether oxygens (including phenoxy) is 3. The lowest BCUT2D eigenvalue weighted by molar-refractivity contribution is -0.141. The highest BCUT2D eigenvalue weighted by Gasteiger charge is 2.62. The van der Waals surface area contributed by atoms with Crippen molar-refractivity contribution in [1.82, 2.24) is 25.2 Å². The number of hydrogen-bond acceptors (Lipinski definition) is 11. The van der Waals surface area contributed by atoms with E-state index >= 15 is 0 Å². The fourth-order valence-electron chi connectivity index (χ4n) is 8.29. The third-order valence-electron chi connectivity index (χ3n) is 11.8. The molecule has 4 amide bonds. The number of aryl methyl sites for hydroxylation is 1. The molecule has 4 aromatic rings. The Hall–Kier alpha value is -5.64. The highest BCUT2D eigenvalue weighted by Crippen LogP contribution is 2.46. The predicted molar refractivity (Wildman–Crippen MR) is 227 cm³/mol. The van der Waals surface area contributed by atoms with E-state index in [-0.39, 0.29) is 19.4 Å². The molecule has 0 spiro atoms. The molecule has 1 saturated heterocycles. The van der Waals surface area contributed by atoms with Gasteiger partial charge in [-0.3, -0.25) is 19.1 Å². The summed E-state index contributed by atoms with van der Waals surface area (Å²) in [6.45, 7) is 7.12. The smallest absolute Gasteiger partial charge is 0.408 e. The maximum Gasteiger partial charge on any atom is 0.408 e. The van der Waals surface area contributed by atoms with E-state index in [1.54, 1.807) is 33.9 Å². The summed E-state index contributed by atoms with van der Waals surface area (Å²) < 4.78 is 52.2. The number of furan rings is 1. The number of aromatic nitrogens is 1. The summed E-state index contributed by atoms with van der Waals surface area (Å²) in [5, 5.41) is 5.83. The van der Waals surface area contributed by atoms with E-state index in [1.165, 1.54) is 4.90 Å². The molecule has 0 unspecified atom stereocenters. The Morgan fingerprint density at radius 1 is 1.02 bits per heavy atom. The lowest BCUT2D eigenvalue weighted by Crippen LogP contribution is -2.58. The monoisotopic (exact) mass is 855 g/mol. The Bertz CT molecular complexity index is 2510. The largest absolute Gasteiger partial charge is 0.497 e. The molecule has 0 bridgehead atoms. The number of hydrogen-bond donors (Lipinski definition) is 3. The molecular formula is C45H53N5O10S. The molecule has 61 heavy (non-hydrogen) atoms. The topological polar surface area (TPSA) is 195 Å². The van der Waals surface area contributed by atoms with E-state index in [0.717, 1.165) is 29.4 Å². The first kappa shape index (κ1) is 42.1. The first-order valence-corrected chi connectivity index (χ1v) is 22.6. The normalized spacial score (nSPS) is 25.4. The molecule has 8 rings (SSSR count). The molecule has 3 fully saturated rings. The number of rotatable bonds is 8. The predicted octanol–water partition coefficient (Wildman–Crippen LogP) is 6.21. The molecule has 16 heteroatoms. The third-order valence-corrected chi connectivity index (χ3v) is 13.6. The van der Waals surface area contributed by atoms with E-state index in [2.05, 4.69) is 15.4 Å². The number of nitrogens with one attached hydrogen (secondary N) is 3. The second kappa shape index (κ2) is 16.3. The highest BCUT2D eigenvalue weighted by atomic mass is 32.2. The number of carbonyl (C=O) groups is 4. The third kappa shape index (κ3) is 9.05. The van der Waals surface area contributed by atoms with Crippen molar-refractivity contribution in [3.05, 3.63) is 66.2 Å². The van der Waals surface area contributed by atoms with Crippen LogP contribution in [0.5, 0.6) is 11.5 Å². The first-order valence-electron chi connectivity index (χ1n) is 21.0. The fraction of sp³-hybridized carbons (Fsp3) is 0.489. The number of sulfonamides is 1. The number of pyridine rings is 1. The Kier molecular flexibility index (Phi) is 11.3. The van der Waals surface area contributed by atoms with Gasteiger partial charge < -0.3 is 34.2 Å². The van der Waals surface area contributed by atoms with E-state index in [0.29, 0.717) is 66.0 Å². The van der Waals surface area contributed by atoms with Crippen molar-refractivity contribution in [2.45, 2.75) is 120 Å². The van der Waals surface area contributed by atoms with Crippen LogP contribution >= 0.6 is 0 Å². The van der Waals surface area contributed by atoms with Crippen LogP contribution in [0.15, 0.2) is 65.1 Å². The number of allylic oxidation sites excluding steroid dienone is 1. The van der Waals surface area contributed by atoms with E-state index in [9.17, 15) is 27.6 Å². The standard InChI is InChI=1S/C45H53N5O10S/c1-26-13-20-36-32(21-26)38-39(59-36)37(23-34(46-38)27-14-16-29(57-5)17-15-27)58-30-22-35-40(51)48-45(42(53)49-61(55,56)31-18-19-31)24-28(45)11-9-7-6-8-10-12-33(41(52)50(35)25-30)47-43(54)60-44(2,3)4/h9,11,13-17,20-21,23,28,30-31,33,35H,6-8,10,12,18-19,22,24-25H2,1-5H3,(H,47,54)(H,48,51)(H,49,53)/b11-9-/t28-,30-,33+,35+,45-/m1/s1. The summed E-state index contributed by atoms with van der Waals surface area (Å²) in [5.74, 6) is -1.37. The molecule has 5 atom stereocenters. The number of methoxy groups -OCH3 is 1. The molecule has 2 aliphatic carbocycles. The van der Waals surface area contributed by atoms with Gasteiger partial charge >= 0.3 is 6.09 Å². The van der Waals surface area contributed by atoms with Crippen molar-refractivity contribution in [1.29, 1.82) is 0 Å². The van der Waals surface area contributed by atoms with Crippen LogP contribution < -0.4 is 24.8 Å². The van der Waals surface area contributed by atoms with Gasteiger partial charge in [0, 0.05) is 29.4 Å². The van der Waals surface area contributed by atoms with Crippen LogP contribution in [-0.2, 0) is 29.1 Å². The van der Waals surface area contributed by atoms with Crippen LogP contribution in [0, 0.1) is 12.8 Å². The summed E-state index contributed by atoms with van der Waals surface area (Å²) >= 11 is 0. The molecule has 0 radical (unpaired) electrons. The van der Waals surface area contributed by atoms with Crippen LogP contribution in [0.2, 0.25) is 0 Å². The molecule has 2 aromatic heterocycles. The molecule has 324 valence electrons. The summed E-state index contributed by atoms with van der Waals surface area (Å²) in [7, 11) is -2.33. The van der Waals surface area contributed by atoms with Crippen molar-refractivity contribution in [3.63, 3.8) is 0 Å². The van der Waals surface area contributed by atoms with Crippen LogP contribution in [0.25, 0.3) is 33.3 Å². The summed E-state index contributed by atoms with van der Waals surface area (Å²) in [5.41, 5.74) is 1.61. The number of benzene rings is 2. The Labute approximate surface area is 355 Å². The highest BCUT2D eigenvalue weighted by molar-refractivity contribution is 7.91. The van der Waals surface area contributed by atoms with Gasteiger partial charge in [0.15, 0.2) is 11.3 Å². The van der Waals surface area contributed by atoms with Crippen molar-refractivity contribution >= 4 is 55.9 Å². The quantitative estimate of drug-likeness (QED) is 0.171. The van der Waals surface area contributed by atoms with Gasteiger partial charge in [-0.15, -0.1) is 0 Å². The van der Waals surface area contributed by atoms with Gasteiger partial charge in [-0.25, -0.2) is 18.2 Å². The second-order valence-electron chi connectivity index (χ2n) is 17.7. The number of fused-ring (bicyclic) bond motifs is 5. The Morgan fingerprint density at radius 3 is 2.51 bits per heavy atom. The maximum atomic E-state index is 14.7. The lowest BCUT2D eigenvalue weighted by Gasteiger charge is -2.30. The van der Waals surface area contributed by atoms with Crippen molar-refractivity contribution in [2.75, 3.05) is 13.7 Å². The minimum absolute atomic E-state index is 0.0102. The van der Waals surface area contributed by atoms with Gasteiger partial charge in [0.25, 0.3) is 5.91 Å². The van der Waals surface area contributed by atoms with Gasteiger partial charge in [-0.05, 0) is 103 Å². The zero-order valence-corrected chi connectivity index (χ0v) is 35.9. The maximum absolute atomic E-state index is 14.7. The average molecular weight is 856 g/mol. The Morgan fingerprint density at radius 2 is 1.79 bits per heavy atom. The van der Waals surface area contributed by atoms with E-state index in [1.807, 2.05) is 61.5 Å². The molecule has 4 heterocycles. The molecular weight excluding hydrogens is 803 g/mol. The number of carbonyl (C=O) groups excluding carboxylic acids is 4.